The second-order valence-electron chi connectivity index (χ2n) is 4.41. The van der Waals surface area contributed by atoms with Crippen LogP contribution < -0.4 is 5.73 Å². The average molecular weight is 253 g/mol. The Hall–Kier alpha value is -2.29. The fraction of sp³-hybridized carbons (Fsp3) is 0.188. The monoisotopic (exact) mass is 253 g/mol. The van der Waals surface area contributed by atoms with Gasteiger partial charge in [-0.1, -0.05) is 37.3 Å². The Kier molecular flexibility index (Phi) is 4.18. The van der Waals surface area contributed by atoms with Gasteiger partial charge in [0.2, 0.25) is 0 Å². The third-order valence-corrected chi connectivity index (χ3v) is 2.96. The fourth-order valence-corrected chi connectivity index (χ4v) is 1.76. The molecule has 3 heteroatoms. The predicted molar refractivity (Wildman–Crippen MR) is 81.1 cm³/mol. The van der Waals surface area contributed by atoms with Crippen LogP contribution in [0.3, 0.4) is 0 Å². The molecular formula is C16H19N3. The summed E-state index contributed by atoms with van der Waals surface area (Å²) in [5.74, 6) is 1.06. The summed E-state index contributed by atoms with van der Waals surface area (Å²) in [6.07, 6.45) is 0.967. The summed E-state index contributed by atoms with van der Waals surface area (Å²) in [7, 11) is 0. The number of fused-ring (bicyclic) bond motifs is 1. The number of hydrogen-bond acceptors (Lipinski definition) is 2. The molecule has 0 saturated heterocycles. The molecule has 0 spiro atoms. The van der Waals surface area contributed by atoms with Gasteiger partial charge < -0.3 is 10.7 Å². The molecule has 3 N–H and O–H groups in total. The number of para-hydroxylation sites is 3. The summed E-state index contributed by atoms with van der Waals surface area (Å²) in [5.41, 5.74) is 9.72. The summed E-state index contributed by atoms with van der Waals surface area (Å²) < 4.78 is 0. The maximum atomic E-state index is 5.52. The molecule has 98 valence electrons. The SMILES string of the molecule is CCc1nc2ccccc2[nH]1.Cc1ccccc1N. The maximum absolute atomic E-state index is 5.52. The van der Waals surface area contributed by atoms with Crippen molar-refractivity contribution in [2.45, 2.75) is 20.3 Å². The van der Waals surface area contributed by atoms with Crippen LogP contribution >= 0.6 is 0 Å². The topological polar surface area (TPSA) is 54.7 Å². The Bertz CT molecular complexity index is 602. The van der Waals surface area contributed by atoms with Crippen molar-refractivity contribution in [2.24, 2.45) is 0 Å². The molecule has 0 atom stereocenters. The minimum Gasteiger partial charge on any atom is -0.399 e. The highest BCUT2D eigenvalue weighted by molar-refractivity contribution is 5.74. The van der Waals surface area contributed by atoms with E-state index in [0.29, 0.717) is 0 Å². The van der Waals surface area contributed by atoms with Gasteiger partial charge in [0, 0.05) is 12.1 Å². The number of nitrogens with two attached hydrogens (primary N) is 1. The van der Waals surface area contributed by atoms with Gasteiger partial charge in [0.1, 0.15) is 5.82 Å². The van der Waals surface area contributed by atoms with E-state index in [1.54, 1.807) is 0 Å². The molecule has 2 aromatic carbocycles. The molecular weight excluding hydrogens is 234 g/mol. The zero-order valence-electron chi connectivity index (χ0n) is 11.4. The van der Waals surface area contributed by atoms with Crippen molar-refractivity contribution < 1.29 is 0 Å². The van der Waals surface area contributed by atoms with Gasteiger partial charge in [0.05, 0.1) is 11.0 Å². The molecule has 3 rings (SSSR count). The Morgan fingerprint density at radius 3 is 2.32 bits per heavy atom. The van der Waals surface area contributed by atoms with Crippen LogP contribution in [0.4, 0.5) is 5.69 Å². The van der Waals surface area contributed by atoms with Crippen LogP contribution in [-0.4, -0.2) is 9.97 Å². The van der Waals surface area contributed by atoms with E-state index in [4.69, 9.17) is 5.73 Å². The molecule has 0 aliphatic carbocycles. The van der Waals surface area contributed by atoms with Crippen molar-refractivity contribution in [3.63, 3.8) is 0 Å². The number of rotatable bonds is 1. The first kappa shape index (κ1) is 13.1. The smallest absolute Gasteiger partial charge is 0.106 e. The number of aromatic amines is 1. The first-order valence-electron chi connectivity index (χ1n) is 6.45. The molecule has 0 bridgehead atoms. The van der Waals surface area contributed by atoms with Crippen molar-refractivity contribution >= 4 is 16.7 Å². The molecule has 3 nitrogen and oxygen atoms in total. The van der Waals surface area contributed by atoms with E-state index in [1.807, 2.05) is 55.5 Å². The predicted octanol–water partition coefficient (Wildman–Crippen LogP) is 3.70. The third kappa shape index (κ3) is 3.35. The van der Waals surface area contributed by atoms with Gasteiger partial charge in [-0.2, -0.15) is 0 Å². The van der Waals surface area contributed by atoms with E-state index in [2.05, 4.69) is 16.9 Å². The highest BCUT2D eigenvalue weighted by atomic mass is 14.9. The van der Waals surface area contributed by atoms with Crippen LogP contribution in [0.5, 0.6) is 0 Å². The van der Waals surface area contributed by atoms with Crippen LogP contribution in [0.25, 0.3) is 11.0 Å². The Labute approximate surface area is 113 Å². The normalized spacial score (nSPS) is 10.0. The molecule has 1 heterocycles. The van der Waals surface area contributed by atoms with Gasteiger partial charge in [-0.15, -0.1) is 0 Å². The van der Waals surface area contributed by atoms with Gasteiger partial charge in [0.15, 0.2) is 0 Å². The summed E-state index contributed by atoms with van der Waals surface area (Å²) in [4.78, 5) is 7.61. The zero-order chi connectivity index (χ0) is 13.7. The largest absolute Gasteiger partial charge is 0.399 e. The second kappa shape index (κ2) is 6.05. The van der Waals surface area contributed by atoms with Crippen molar-refractivity contribution in [3.8, 4) is 0 Å². The number of aromatic nitrogens is 2. The number of nitrogen functional groups attached to an aromatic ring is 1. The highest BCUT2D eigenvalue weighted by Crippen LogP contribution is 2.09. The number of nitrogens with zero attached hydrogens (tertiary/aromatic N) is 1. The Balaban J connectivity index is 0.000000148. The van der Waals surface area contributed by atoms with Crippen LogP contribution in [-0.2, 0) is 6.42 Å². The first-order chi connectivity index (χ1) is 9.20. The summed E-state index contributed by atoms with van der Waals surface area (Å²) in [6, 6.07) is 15.9. The molecule has 19 heavy (non-hydrogen) atoms. The lowest BCUT2D eigenvalue weighted by Gasteiger charge is -1.93. The lowest BCUT2D eigenvalue weighted by atomic mass is 10.2. The molecule has 3 aromatic rings. The lowest BCUT2D eigenvalue weighted by Crippen LogP contribution is -1.85. The van der Waals surface area contributed by atoms with Crippen molar-refractivity contribution in [3.05, 3.63) is 59.9 Å². The van der Waals surface area contributed by atoms with Gasteiger partial charge in [-0.25, -0.2) is 4.98 Å². The van der Waals surface area contributed by atoms with Gasteiger partial charge >= 0.3 is 0 Å². The summed E-state index contributed by atoms with van der Waals surface area (Å²) >= 11 is 0. The number of benzene rings is 2. The van der Waals surface area contributed by atoms with Gasteiger partial charge in [0.25, 0.3) is 0 Å². The molecule has 0 amide bonds. The van der Waals surface area contributed by atoms with E-state index < -0.39 is 0 Å². The number of imidazole rings is 1. The fourth-order valence-electron chi connectivity index (χ4n) is 1.76. The number of H-pyrrole nitrogens is 1. The number of aryl methyl sites for hydroxylation is 2. The molecule has 0 unspecified atom stereocenters. The summed E-state index contributed by atoms with van der Waals surface area (Å²) in [6.45, 7) is 4.09. The molecule has 0 aliphatic heterocycles. The zero-order valence-corrected chi connectivity index (χ0v) is 11.4. The van der Waals surface area contributed by atoms with E-state index in [-0.39, 0.29) is 0 Å². The number of nitrogens with one attached hydrogen (secondary N) is 1. The standard InChI is InChI=1S/C9H10N2.C7H9N/c1-2-9-10-7-5-3-4-6-8(7)11-9;1-6-4-2-3-5-7(6)8/h3-6H,2H2,1H3,(H,10,11);2-5H,8H2,1H3. The Morgan fingerprint density at radius 2 is 1.74 bits per heavy atom. The van der Waals surface area contributed by atoms with Gasteiger partial charge in [-0.05, 0) is 30.7 Å². The second-order valence-corrected chi connectivity index (χ2v) is 4.41. The molecule has 0 saturated carbocycles. The molecule has 1 aromatic heterocycles. The van der Waals surface area contributed by atoms with Crippen LogP contribution in [0.15, 0.2) is 48.5 Å². The summed E-state index contributed by atoms with van der Waals surface area (Å²) in [5, 5.41) is 0. The van der Waals surface area contributed by atoms with Crippen LogP contribution in [0, 0.1) is 6.92 Å². The van der Waals surface area contributed by atoms with Gasteiger partial charge in [-0.3, -0.25) is 0 Å². The molecule has 0 fully saturated rings. The highest BCUT2D eigenvalue weighted by Gasteiger charge is 1.97. The van der Waals surface area contributed by atoms with E-state index in [9.17, 15) is 0 Å². The van der Waals surface area contributed by atoms with E-state index >= 15 is 0 Å². The molecule has 0 aliphatic rings. The average Bonchev–Trinajstić information content (AvgIpc) is 2.86. The van der Waals surface area contributed by atoms with E-state index in [0.717, 1.165) is 34.5 Å². The number of anilines is 1. The minimum atomic E-state index is 0.868. The Morgan fingerprint density at radius 1 is 1.05 bits per heavy atom. The molecule has 0 radical (unpaired) electrons. The van der Waals surface area contributed by atoms with Crippen molar-refractivity contribution in [1.29, 1.82) is 0 Å². The third-order valence-electron chi connectivity index (χ3n) is 2.96. The van der Waals surface area contributed by atoms with Crippen molar-refractivity contribution in [1.82, 2.24) is 9.97 Å². The maximum Gasteiger partial charge on any atom is 0.106 e. The van der Waals surface area contributed by atoms with Crippen LogP contribution in [0.1, 0.15) is 18.3 Å². The first-order valence-corrected chi connectivity index (χ1v) is 6.45. The number of hydrogen-bond donors (Lipinski definition) is 2. The van der Waals surface area contributed by atoms with Crippen molar-refractivity contribution in [2.75, 3.05) is 5.73 Å². The quantitative estimate of drug-likeness (QED) is 0.650. The lowest BCUT2D eigenvalue weighted by molar-refractivity contribution is 1.00. The van der Waals surface area contributed by atoms with Crippen LogP contribution in [0.2, 0.25) is 0 Å². The van der Waals surface area contributed by atoms with E-state index in [1.165, 1.54) is 0 Å². The minimum absolute atomic E-state index is 0.868.